The Bertz CT molecular complexity index is 1090. The van der Waals surface area contributed by atoms with Gasteiger partial charge in [0.2, 0.25) is 0 Å². The van der Waals surface area contributed by atoms with Gasteiger partial charge >= 0.3 is 6.18 Å². The second-order valence-electron chi connectivity index (χ2n) is 7.34. The lowest BCUT2D eigenvalue weighted by molar-refractivity contribution is -0.220. The van der Waals surface area contributed by atoms with Crippen molar-refractivity contribution in [3.05, 3.63) is 29.3 Å². The SMILES string of the molecule is N#CCOC(c1cc(-c2nccs2)c2oc(N3CC4CC(C3)N4)nc2c1)C(F)(F)F. The molecule has 30 heavy (non-hydrogen) atoms. The van der Waals surface area contributed by atoms with Crippen molar-refractivity contribution in [1.82, 2.24) is 15.3 Å². The Morgan fingerprint density at radius 3 is 2.77 bits per heavy atom. The summed E-state index contributed by atoms with van der Waals surface area (Å²) < 4.78 is 51.8. The second-order valence-corrected chi connectivity index (χ2v) is 8.24. The number of benzene rings is 1. The number of fused-ring (bicyclic) bond motifs is 3. The van der Waals surface area contributed by atoms with E-state index in [4.69, 9.17) is 14.4 Å². The first kappa shape index (κ1) is 19.3. The highest BCUT2D eigenvalue weighted by molar-refractivity contribution is 7.13. The quantitative estimate of drug-likeness (QED) is 0.655. The van der Waals surface area contributed by atoms with E-state index >= 15 is 0 Å². The van der Waals surface area contributed by atoms with Crippen LogP contribution in [0.3, 0.4) is 0 Å². The summed E-state index contributed by atoms with van der Waals surface area (Å²) >= 11 is 1.29. The molecule has 2 aromatic heterocycles. The zero-order valence-corrected chi connectivity index (χ0v) is 16.3. The Morgan fingerprint density at radius 1 is 1.37 bits per heavy atom. The molecule has 2 bridgehead atoms. The van der Waals surface area contributed by atoms with Gasteiger partial charge in [0.1, 0.15) is 17.1 Å². The predicted octanol–water partition coefficient (Wildman–Crippen LogP) is 3.65. The Balaban J connectivity index is 1.61. The third kappa shape index (κ3) is 3.40. The van der Waals surface area contributed by atoms with Crippen LogP contribution in [0.5, 0.6) is 0 Å². The van der Waals surface area contributed by atoms with Crippen molar-refractivity contribution in [3.63, 3.8) is 0 Å². The molecule has 7 nitrogen and oxygen atoms in total. The van der Waals surface area contributed by atoms with Crippen molar-refractivity contribution in [1.29, 1.82) is 5.26 Å². The van der Waals surface area contributed by atoms with Crippen molar-refractivity contribution in [3.8, 4) is 16.6 Å². The Hall–Kier alpha value is -2.68. The van der Waals surface area contributed by atoms with Gasteiger partial charge in [-0.1, -0.05) is 0 Å². The number of nitriles is 1. The van der Waals surface area contributed by atoms with Gasteiger partial charge in [0.05, 0.1) is 11.6 Å². The summed E-state index contributed by atoms with van der Waals surface area (Å²) in [4.78, 5) is 10.7. The third-order valence-corrected chi connectivity index (χ3v) is 6.08. The number of ether oxygens (including phenoxy) is 1. The monoisotopic (exact) mass is 435 g/mol. The summed E-state index contributed by atoms with van der Waals surface area (Å²) in [5.41, 5.74) is 0.969. The number of anilines is 1. The number of piperazine rings is 1. The van der Waals surface area contributed by atoms with Gasteiger partial charge in [-0.25, -0.2) is 4.98 Å². The summed E-state index contributed by atoms with van der Waals surface area (Å²) in [7, 11) is 0. The van der Waals surface area contributed by atoms with Gasteiger partial charge in [-0.05, 0) is 24.1 Å². The number of oxazole rings is 1. The lowest BCUT2D eigenvalue weighted by Gasteiger charge is -2.47. The Morgan fingerprint density at radius 2 is 2.13 bits per heavy atom. The van der Waals surface area contributed by atoms with E-state index in [2.05, 4.69) is 15.3 Å². The number of hydrogen-bond acceptors (Lipinski definition) is 8. The fourth-order valence-corrected chi connectivity index (χ4v) is 4.67. The fraction of sp³-hybridized carbons (Fsp3) is 0.421. The molecule has 0 aliphatic carbocycles. The zero-order valence-electron chi connectivity index (χ0n) is 15.5. The normalized spacial score (nSPS) is 22.0. The van der Waals surface area contributed by atoms with E-state index in [1.807, 2.05) is 4.90 Å². The lowest BCUT2D eigenvalue weighted by Crippen LogP contribution is -2.67. The molecule has 11 heteroatoms. The molecular weight excluding hydrogens is 419 g/mol. The highest BCUT2D eigenvalue weighted by atomic mass is 32.1. The summed E-state index contributed by atoms with van der Waals surface area (Å²) in [6.45, 7) is 0.793. The molecule has 0 spiro atoms. The minimum absolute atomic E-state index is 0.140. The number of hydrogen-bond donors (Lipinski definition) is 1. The number of nitrogens with zero attached hydrogens (tertiary/aromatic N) is 4. The minimum Gasteiger partial charge on any atom is -0.423 e. The van der Waals surface area contributed by atoms with Gasteiger partial charge in [0, 0.05) is 36.8 Å². The molecule has 0 amide bonds. The van der Waals surface area contributed by atoms with Crippen LogP contribution in [0, 0.1) is 11.3 Å². The molecule has 5 heterocycles. The Kier molecular flexibility index (Phi) is 4.65. The topological polar surface area (TPSA) is 87.2 Å². The van der Waals surface area contributed by atoms with Crippen LogP contribution in [0.4, 0.5) is 19.2 Å². The van der Waals surface area contributed by atoms with Gasteiger partial charge in [-0.2, -0.15) is 23.4 Å². The number of rotatable bonds is 5. The van der Waals surface area contributed by atoms with Crippen LogP contribution in [0.2, 0.25) is 0 Å². The van der Waals surface area contributed by atoms with Crippen LogP contribution >= 0.6 is 11.3 Å². The zero-order chi connectivity index (χ0) is 20.9. The summed E-state index contributed by atoms with van der Waals surface area (Å²) in [6, 6.07) is 5.41. The maximum atomic E-state index is 13.6. The first-order valence-corrected chi connectivity index (χ1v) is 10.2. The van der Waals surface area contributed by atoms with Gasteiger partial charge < -0.3 is 19.4 Å². The van der Waals surface area contributed by atoms with E-state index < -0.39 is 18.9 Å². The van der Waals surface area contributed by atoms with E-state index in [0.29, 0.717) is 39.8 Å². The first-order chi connectivity index (χ1) is 14.4. The van der Waals surface area contributed by atoms with Gasteiger partial charge in [-0.15, -0.1) is 11.3 Å². The predicted molar refractivity (Wildman–Crippen MR) is 103 cm³/mol. The molecule has 3 fully saturated rings. The largest absolute Gasteiger partial charge is 0.423 e. The molecule has 1 N–H and O–H groups in total. The van der Waals surface area contributed by atoms with E-state index in [1.54, 1.807) is 17.6 Å². The second kappa shape index (κ2) is 7.23. The first-order valence-electron chi connectivity index (χ1n) is 9.33. The maximum Gasteiger partial charge on any atom is 0.418 e. The fourth-order valence-electron chi connectivity index (χ4n) is 4.01. The van der Waals surface area contributed by atoms with Crippen LogP contribution in [0.15, 0.2) is 28.1 Å². The molecule has 3 aromatic rings. The molecule has 3 aliphatic rings. The number of nitrogens with one attached hydrogen (secondary N) is 1. The summed E-state index contributed by atoms with van der Waals surface area (Å²) in [5.74, 6) is 0. The maximum absolute atomic E-state index is 13.6. The number of alkyl halides is 3. The van der Waals surface area contributed by atoms with Crippen molar-refractivity contribution in [2.45, 2.75) is 30.8 Å². The smallest absolute Gasteiger partial charge is 0.418 e. The van der Waals surface area contributed by atoms with Crippen molar-refractivity contribution in [2.75, 3.05) is 24.6 Å². The summed E-state index contributed by atoms with van der Waals surface area (Å²) in [6.07, 6.45) is -4.24. The standard InChI is InChI=1S/C19H16F3N5O2S/c20-19(21,22)16(28-3-1-23)10-5-13(17-24-2-4-30-17)15-14(6-10)26-18(29-15)27-8-11-7-12(9-27)25-11/h2,4-6,11-12,16,25H,3,7-9H2. The highest BCUT2D eigenvalue weighted by Crippen LogP contribution is 2.41. The number of aromatic nitrogens is 2. The number of thiazole rings is 1. The highest BCUT2D eigenvalue weighted by Gasteiger charge is 2.43. The molecule has 6 rings (SSSR count). The molecule has 156 valence electrons. The van der Waals surface area contributed by atoms with E-state index in [1.165, 1.54) is 23.5 Å². The minimum atomic E-state index is -4.68. The van der Waals surface area contributed by atoms with Crippen LogP contribution in [0.1, 0.15) is 18.1 Å². The van der Waals surface area contributed by atoms with Crippen LogP contribution in [-0.4, -0.2) is 47.9 Å². The molecule has 0 saturated carbocycles. The molecule has 3 unspecified atom stereocenters. The Labute approximate surface area is 173 Å². The average Bonchev–Trinajstić information content (AvgIpc) is 3.36. The van der Waals surface area contributed by atoms with Gasteiger partial charge in [-0.3, -0.25) is 0 Å². The van der Waals surface area contributed by atoms with Gasteiger partial charge in [0.25, 0.3) is 6.01 Å². The molecule has 1 aromatic carbocycles. The van der Waals surface area contributed by atoms with Crippen LogP contribution in [-0.2, 0) is 4.74 Å². The van der Waals surface area contributed by atoms with Gasteiger partial charge in [0.15, 0.2) is 11.7 Å². The lowest BCUT2D eigenvalue weighted by atomic mass is 9.92. The van der Waals surface area contributed by atoms with E-state index in [0.717, 1.165) is 19.5 Å². The molecule has 0 radical (unpaired) electrons. The van der Waals surface area contributed by atoms with E-state index in [-0.39, 0.29) is 5.56 Å². The molecule has 3 aliphatic heterocycles. The van der Waals surface area contributed by atoms with Crippen LogP contribution < -0.4 is 10.2 Å². The van der Waals surface area contributed by atoms with Crippen molar-refractivity contribution in [2.24, 2.45) is 0 Å². The average molecular weight is 435 g/mol. The summed E-state index contributed by atoms with van der Waals surface area (Å²) in [5, 5.41) is 14.4. The third-order valence-electron chi connectivity index (χ3n) is 5.27. The van der Waals surface area contributed by atoms with Crippen LogP contribution in [0.25, 0.3) is 21.7 Å². The van der Waals surface area contributed by atoms with Crippen molar-refractivity contribution < 1.29 is 22.3 Å². The molecule has 3 atom stereocenters. The molecule has 3 saturated heterocycles. The molecular formula is C19H16F3N5O2S. The van der Waals surface area contributed by atoms with Crippen molar-refractivity contribution >= 4 is 28.5 Å². The number of halogens is 3. The number of piperidine rings is 1. The van der Waals surface area contributed by atoms with E-state index in [9.17, 15) is 13.2 Å².